The van der Waals surface area contributed by atoms with Crippen molar-refractivity contribution in [1.29, 1.82) is 0 Å². The zero-order valence-electron chi connectivity index (χ0n) is 14.4. The summed E-state index contributed by atoms with van der Waals surface area (Å²) >= 11 is 12.2. The van der Waals surface area contributed by atoms with E-state index in [4.69, 9.17) is 23.2 Å². The van der Waals surface area contributed by atoms with Gasteiger partial charge >= 0.3 is 0 Å². The number of para-hydroxylation sites is 1. The normalized spacial score (nSPS) is 16.4. The lowest BCUT2D eigenvalue weighted by Gasteiger charge is -2.36. The van der Waals surface area contributed by atoms with Crippen LogP contribution in [-0.4, -0.2) is 38.1 Å². The molecule has 3 rings (SSSR count). The van der Waals surface area contributed by atoms with Crippen molar-refractivity contribution in [3.05, 3.63) is 58.3 Å². The third-order valence-electron chi connectivity index (χ3n) is 4.81. The minimum absolute atomic E-state index is 0.106. The molecule has 7 heteroatoms. The Labute approximate surface area is 162 Å². The van der Waals surface area contributed by atoms with E-state index in [9.17, 15) is 9.18 Å². The summed E-state index contributed by atoms with van der Waals surface area (Å²) in [5.41, 5.74) is 1.46. The van der Waals surface area contributed by atoms with Crippen LogP contribution in [0, 0.1) is 5.82 Å². The van der Waals surface area contributed by atoms with E-state index in [-0.39, 0.29) is 17.8 Å². The molecule has 1 aliphatic heterocycles. The van der Waals surface area contributed by atoms with Crippen LogP contribution in [-0.2, 0) is 4.79 Å². The average molecular weight is 397 g/mol. The highest BCUT2D eigenvalue weighted by Gasteiger charge is 2.29. The number of quaternary nitrogens is 1. The van der Waals surface area contributed by atoms with Crippen molar-refractivity contribution >= 4 is 40.5 Å². The van der Waals surface area contributed by atoms with Gasteiger partial charge in [-0.25, -0.2) is 4.39 Å². The molecule has 0 saturated carbocycles. The van der Waals surface area contributed by atoms with Crippen molar-refractivity contribution in [2.24, 2.45) is 0 Å². The first-order valence-electron chi connectivity index (χ1n) is 8.55. The fraction of sp³-hybridized carbons (Fsp3) is 0.316. The molecule has 1 heterocycles. The molecule has 0 unspecified atom stereocenters. The number of piperazine rings is 1. The SMILES string of the molecule is C[C@H](C(=O)Nc1c(Cl)cccc1Cl)[NH+]1CCN(c2ccc(F)cc2)CC1. The first-order chi connectivity index (χ1) is 12.5. The topological polar surface area (TPSA) is 36.8 Å². The fourth-order valence-electron chi connectivity index (χ4n) is 3.17. The molecule has 138 valence electrons. The van der Waals surface area contributed by atoms with E-state index in [1.54, 1.807) is 30.3 Å². The minimum Gasteiger partial charge on any atom is -0.360 e. The first kappa shape index (κ1) is 19.0. The standard InChI is InChI=1S/C19H20Cl2FN3O/c1-13(19(26)23-18-16(20)3-2-4-17(18)21)24-9-11-25(12-10-24)15-7-5-14(22)6-8-15/h2-8,13H,9-12H2,1H3,(H,23,26)/p+1/t13-/m1/s1. The van der Waals surface area contributed by atoms with Crippen LogP contribution in [0.1, 0.15) is 6.92 Å². The summed E-state index contributed by atoms with van der Waals surface area (Å²) in [6.07, 6.45) is 0. The van der Waals surface area contributed by atoms with Crippen molar-refractivity contribution in [3.63, 3.8) is 0 Å². The number of carbonyl (C=O) groups is 1. The Balaban J connectivity index is 1.58. The lowest BCUT2D eigenvalue weighted by atomic mass is 10.2. The lowest BCUT2D eigenvalue weighted by Crippen LogP contribution is -3.19. The predicted octanol–water partition coefficient (Wildman–Crippen LogP) is 2.86. The molecule has 0 bridgehead atoms. The summed E-state index contributed by atoms with van der Waals surface area (Å²) in [5.74, 6) is -0.341. The Morgan fingerprint density at radius 2 is 1.69 bits per heavy atom. The summed E-state index contributed by atoms with van der Waals surface area (Å²) in [5, 5.41) is 3.70. The fourth-order valence-corrected chi connectivity index (χ4v) is 3.66. The van der Waals surface area contributed by atoms with Gasteiger partial charge in [0.1, 0.15) is 5.82 Å². The molecule has 26 heavy (non-hydrogen) atoms. The molecule has 0 aromatic heterocycles. The molecule has 1 fully saturated rings. The van der Waals surface area contributed by atoms with Crippen LogP contribution < -0.4 is 15.1 Å². The van der Waals surface area contributed by atoms with Crippen molar-refractivity contribution in [2.75, 3.05) is 36.4 Å². The van der Waals surface area contributed by atoms with Gasteiger partial charge in [0.05, 0.1) is 41.9 Å². The molecule has 1 saturated heterocycles. The second kappa shape index (κ2) is 8.25. The zero-order valence-corrected chi connectivity index (χ0v) is 15.9. The van der Waals surface area contributed by atoms with Gasteiger partial charge in [-0.1, -0.05) is 29.3 Å². The van der Waals surface area contributed by atoms with E-state index in [2.05, 4.69) is 10.2 Å². The molecule has 1 amide bonds. The third kappa shape index (κ3) is 4.29. The number of nitrogens with zero attached hydrogens (tertiary/aromatic N) is 1. The number of anilines is 2. The van der Waals surface area contributed by atoms with Crippen LogP contribution in [0.5, 0.6) is 0 Å². The third-order valence-corrected chi connectivity index (χ3v) is 5.44. The molecule has 0 radical (unpaired) electrons. The zero-order chi connectivity index (χ0) is 18.7. The number of rotatable bonds is 4. The van der Waals surface area contributed by atoms with Gasteiger partial charge < -0.3 is 15.1 Å². The molecule has 0 aliphatic carbocycles. The Kier molecular flexibility index (Phi) is 6.01. The van der Waals surface area contributed by atoms with E-state index in [0.29, 0.717) is 15.7 Å². The molecule has 1 aliphatic rings. The average Bonchev–Trinajstić information content (AvgIpc) is 2.65. The Morgan fingerprint density at radius 3 is 2.27 bits per heavy atom. The molecule has 2 aromatic carbocycles. The number of carbonyl (C=O) groups excluding carboxylic acids is 1. The van der Waals surface area contributed by atoms with Gasteiger partial charge in [-0.05, 0) is 43.3 Å². The number of amides is 1. The van der Waals surface area contributed by atoms with Crippen LogP contribution in [0.3, 0.4) is 0 Å². The maximum Gasteiger partial charge on any atom is 0.282 e. The van der Waals surface area contributed by atoms with Gasteiger partial charge in [0.2, 0.25) is 0 Å². The molecule has 1 atom stereocenters. The highest BCUT2D eigenvalue weighted by Crippen LogP contribution is 2.29. The maximum atomic E-state index is 13.1. The molecule has 4 nitrogen and oxygen atoms in total. The van der Waals surface area contributed by atoms with Crippen molar-refractivity contribution in [3.8, 4) is 0 Å². The smallest absolute Gasteiger partial charge is 0.282 e. The van der Waals surface area contributed by atoms with Crippen LogP contribution in [0.2, 0.25) is 10.0 Å². The Hall–Kier alpha value is -1.82. The lowest BCUT2D eigenvalue weighted by molar-refractivity contribution is -0.914. The highest BCUT2D eigenvalue weighted by atomic mass is 35.5. The minimum atomic E-state index is -0.235. The summed E-state index contributed by atoms with van der Waals surface area (Å²) in [7, 11) is 0. The largest absolute Gasteiger partial charge is 0.360 e. The van der Waals surface area contributed by atoms with E-state index in [1.807, 2.05) is 6.92 Å². The van der Waals surface area contributed by atoms with Crippen LogP contribution in [0.4, 0.5) is 15.8 Å². The van der Waals surface area contributed by atoms with Gasteiger partial charge in [0.15, 0.2) is 6.04 Å². The monoisotopic (exact) mass is 396 g/mol. The molecule has 2 N–H and O–H groups in total. The molecule has 0 spiro atoms. The maximum absolute atomic E-state index is 13.1. The Morgan fingerprint density at radius 1 is 1.12 bits per heavy atom. The highest BCUT2D eigenvalue weighted by molar-refractivity contribution is 6.39. The van der Waals surface area contributed by atoms with Gasteiger partial charge in [0.25, 0.3) is 5.91 Å². The number of nitrogens with one attached hydrogen (secondary N) is 2. The summed E-state index contributed by atoms with van der Waals surface area (Å²) in [6, 6.07) is 11.4. The van der Waals surface area contributed by atoms with Crippen molar-refractivity contribution in [1.82, 2.24) is 0 Å². The van der Waals surface area contributed by atoms with Crippen molar-refractivity contribution in [2.45, 2.75) is 13.0 Å². The summed E-state index contributed by atoms with van der Waals surface area (Å²) in [4.78, 5) is 16.0. The van der Waals surface area contributed by atoms with Crippen LogP contribution in [0.25, 0.3) is 0 Å². The summed E-state index contributed by atoms with van der Waals surface area (Å²) < 4.78 is 13.1. The molecule has 2 aromatic rings. The van der Waals surface area contributed by atoms with Gasteiger partial charge in [-0.2, -0.15) is 0 Å². The van der Waals surface area contributed by atoms with Crippen molar-refractivity contribution < 1.29 is 14.1 Å². The van der Waals surface area contributed by atoms with Gasteiger partial charge in [-0.15, -0.1) is 0 Å². The van der Waals surface area contributed by atoms with Crippen LogP contribution >= 0.6 is 23.2 Å². The summed E-state index contributed by atoms with van der Waals surface area (Å²) in [6.45, 7) is 5.17. The number of benzene rings is 2. The first-order valence-corrected chi connectivity index (χ1v) is 9.31. The number of hydrogen-bond acceptors (Lipinski definition) is 2. The second-order valence-electron chi connectivity index (χ2n) is 6.43. The van der Waals surface area contributed by atoms with E-state index in [0.717, 1.165) is 31.9 Å². The molecular formula is C19H21Cl2FN3O+. The molecular weight excluding hydrogens is 376 g/mol. The predicted molar refractivity (Wildman–Crippen MR) is 104 cm³/mol. The number of halogens is 3. The quantitative estimate of drug-likeness (QED) is 0.833. The van der Waals surface area contributed by atoms with E-state index < -0.39 is 0 Å². The van der Waals surface area contributed by atoms with E-state index in [1.165, 1.54) is 17.0 Å². The van der Waals surface area contributed by atoms with Gasteiger partial charge in [-0.3, -0.25) is 4.79 Å². The van der Waals surface area contributed by atoms with Crippen LogP contribution in [0.15, 0.2) is 42.5 Å². The van der Waals surface area contributed by atoms with E-state index >= 15 is 0 Å². The number of hydrogen-bond donors (Lipinski definition) is 2. The van der Waals surface area contributed by atoms with Gasteiger partial charge in [0, 0.05) is 5.69 Å². The second-order valence-corrected chi connectivity index (χ2v) is 7.24. The Bertz CT molecular complexity index is 757.